The van der Waals surface area contributed by atoms with E-state index in [1.54, 1.807) is 11.1 Å². The van der Waals surface area contributed by atoms with Gasteiger partial charge in [-0.3, -0.25) is 4.99 Å². The van der Waals surface area contributed by atoms with Crippen molar-refractivity contribution >= 4 is 18.1 Å². The lowest BCUT2D eigenvalue weighted by Crippen LogP contribution is -2.57. The minimum absolute atomic E-state index is 0. The number of rotatable bonds is 2. The zero-order valence-corrected chi connectivity index (χ0v) is 15.1. The second kappa shape index (κ2) is 5.65. The molecule has 0 aromatic heterocycles. The van der Waals surface area contributed by atoms with E-state index in [0.717, 1.165) is 17.8 Å². The predicted molar refractivity (Wildman–Crippen MR) is 98.0 cm³/mol. The van der Waals surface area contributed by atoms with E-state index in [-0.39, 0.29) is 12.4 Å². The molecule has 4 fully saturated rings. The molecular formula is C20H29ClN2. The minimum atomic E-state index is 0. The van der Waals surface area contributed by atoms with Crippen molar-refractivity contribution < 1.29 is 0 Å². The fourth-order valence-corrected chi connectivity index (χ4v) is 6.53. The van der Waals surface area contributed by atoms with Gasteiger partial charge in [-0.2, -0.15) is 0 Å². The topological polar surface area (TPSA) is 24.4 Å². The summed E-state index contributed by atoms with van der Waals surface area (Å²) in [6.07, 6.45) is 16.3. The van der Waals surface area contributed by atoms with Crippen molar-refractivity contribution in [2.45, 2.75) is 76.7 Å². The van der Waals surface area contributed by atoms with E-state index in [0.29, 0.717) is 5.54 Å². The summed E-state index contributed by atoms with van der Waals surface area (Å²) in [5.41, 5.74) is 6.09. The van der Waals surface area contributed by atoms with Crippen LogP contribution in [0.15, 0.2) is 28.0 Å². The van der Waals surface area contributed by atoms with Crippen molar-refractivity contribution in [2.24, 2.45) is 22.7 Å². The van der Waals surface area contributed by atoms with E-state index in [1.165, 1.54) is 75.6 Å². The van der Waals surface area contributed by atoms with E-state index in [4.69, 9.17) is 4.99 Å². The zero-order valence-electron chi connectivity index (χ0n) is 14.2. The molecule has 0 saturated heterocycles. The smallest absolute Gasteiger partial charge is 0.0824 e. The number of hydrogen-bond acceptors (Lipinski definition) is 2. The highest BCUT2D eigenvalue weighted by molar-refractivity contribution is 6.03. The highest BCUT2D eigenvalue weighted by Gasteiger charge is 2.50. The standard InChI is InChI=1S/C20H28N2.ClH/c1-13-17-4-2-3-5-18(17)19(22-13)12-21-20-9-14-6-15(10-20)8-16(7-14)11-20;/h12,14-16,21H,2-11H2,1H3;1H/b19-12-;. The molecule has 1 N–H and O–H groups in total. The average Bonchev–Trinajstić information content (AvgIpc) is 2.81. The van der Waals surface area contributed by atoms with Crippen LogP contribution in [-0.2, 0) is 0 Å². The second-order valence-electron chi connectivity index (χ2n) is 8.73. The van der Waals surface area contributed by atoms with Gasteiger partial charge >= 0.3 is 0 Å². The Morgan fingerprint density at radius 2 is 1.52 bits per heavy atom. The first-order chi connectivity index (χ1) is 10.7. The molecule has 126 valence electrons. The summed E-state index contributed by atoms with van der Waals surface area (Å²) in [6, 6.07) is 0. The molecule has 0 aromatic rings. The minimum Gasteiger partial charge on any atom is -0.384 e. The maximum absolute atomic E-state index is 4.89. The third kappa shape index (κ3) is 2.58. The molecule has 1 aliphatic heterocycles. The summed E-state index contributed by atoms with van der Waals surface area (Å²) in [6.45, 7) is 2.20. The molecule has 0 amide bonds. The summed E-state index contributed by atoms with van der Waals surface area (Å²) in [5.74, 6) is 3.03. The van der Waals surface area contributed by atoms with Crippen molar-refractivity contribution in [1.82, 2.24) is 5.32 Å². The molecule has 2 nitrogen and oxygen atoms in total. The molecule has 6 aliphatic rings. The summed E-state index contributed by atoms with van der Waals surface area (Å²) in [5, 5.41) is 3.92. The van der Waals surface area contributed by atoms with Crippen LogP contribution < -0.4 is 5.32 Å². The Labute approximate surface area is 146 Å². The van der Waals surface area contributed by atoms with Crippen LogP contribution in [0.5, 0.6) is 0 Å². The molecule has 23 heavy (non-hydrogen) atoms. The number of aliphatic imine (C=N–C) groups is 1. The maximum atomic E-state index is 4.89. The van der Waals surface area contributed by atoms with Crippen molar-refractivity contribution in [3.05, 3.63) is 23.0 Å². The normalized spacial score (nSPS) is 42.6. The summed E-state index contributed by atoms with van der Waals surface area (Å²) in [4.78, 5) is 4.89. The Bertz CT molecular complexity index is 563. The van der Waals surface area contributed by atoms with Gasteiger partial charge in [-0.05, 0) is 100 Å². The first kappa shape index (κ1) is 15.7. The quantitative estimate of drug-likeness (QED) is 0.742. The van der Waals surface area contributed by atoms with Crippen molar-refractivity contribution in [1.29, 1.82) is 0 Å². The Balaban J connectivity index is 0.00000135. The van der Waals surface area contributed by atoms with Gasteiger partial charge in [0.15, 0.2) is 0 Å². The van der Waals surface area contributed by atoms with Crippen molar-refractivity contribution in [2.75, 3.05) is 0 Å². The molecule has 0 unspecified atom stereocenters. The molecule has 0 atom stereocenters. The van der Waals surface area contributed by atoms with Crippen LogP contribution in [0.2, 0.25) is 0 Å². The second-order valence-corrected chi connectivity index (χ2v) is 8.73. The largest absolute Gasteiger partial charge is 0.384 e. The molecular weight excluding hydrogens is 304 g/mol. The van der Waals surface area contributed by atoms with Gasteiger partial charge in [0.2, 0.25) is 0 Å². The molecule has 0 aromatic carbocycles. The van der Waals surface area contributed by atoms with Crippen LogP contribution in [0.25, 0.3) is 0 Å². The van der Waals surface area contributed by atoms with Crippen LogP contribution in [0.1, 0.15) is 71.1 Å². The van der Waals surface area contributed by atoms with Crippen molar-refractivity contribution in [3.63, 3.8) is 0 Å². The molecule has 4 bridgehead atoms. The highest BCUT2D eigenvalue weighted by Crippen LogP contribution is 2.55. The molecule has 0 radical (unpaired) electrons. The lowest BCUT2D eigenvalue weighted by molar-refractivity contribution is -0.0130. The Hall–Kier alpha value is -0.760. The number of allylic oxidation sites excluding steroid dienone is 2. The van der Waals surface area contributed by atoms with E-state index in [1.807, 2.05) is 0 Å². The van der Waals surface area contributed by atoms with Crippen LogP contribution in [0.4, 0.5) is 0 Å². The predicted octanol–water partition coefficient (Wildman–Crippen LogP) is 5.15. The molecule has 1 heterocycles. The molecule has 0 spiro atoms. The zero-order chi connectivity index (χ0) is 14.7. The first-order valence-corrected chi connectivity index (χ1v) is 9.47. The molecule has 4 saturated carbocycles. The molecule has 5 aliphatic carbocycles. The van der Waals surface area contributed by atoms with E-state index < -0.39 is 0 Å². The van der Waals surface area contributed by atoms with Crippen LogP contribution in [0, 0.1) is 17.8 Å². The van der Waals surface area contributed by atoms with Gasteiger partial charge in [0, 0.05) is 17.5 Å². The fraction of sp³-hybridized carbons (Fsp3) is 0.750. The summed E-state index contributed by atoms with van der Waals surface area (Å²) < 4.78 is 0. The Morgan fingerprint density at radius 3 is 2.13 bits per heavy atom. The molecule has 3 heteroatoms. The Kier molecular flexibility index (Phi) is 3.87. The lowest BCUT2D eigenvalue weighted by atomic mass is 9.53. The van der Waals surface area contributed by atoms with Gasteiger partial charge in [0.25, 0.3) is 0 Å². The van der Waals surface area contributed by atoms with E-state index >= 15 is 0 Å². The third-order valence-corrected chi connectivity index (χ3v) is 7.06. The van der Waals surface area contributed by atoms with E-state index in [9.17, 15) is 0 Å². The van der Waals surface area contributed by atoms with Crippen molar-refractivity contribution in [3.8, 4) is 0 Å². The highest BCUT2D eigenvalue weighted by atomic mass is 35.5. The number of nitrogens with zero attached hydrogens (tertiary/aromatic N) is 1. The molecule has 6 rings (SSSR count). The number of hydrogen-bond donors (Lipinski definition) is 1. The van der Waals surface area contributed by atoms with Gasteiger partial charge < -0.3 is 5.32 Å². The SMILES string of the molecule is CC1=N/C(=C\NC23CC4CC(CC(C4)C2)C3)C2=C1CCCC2.Cl. The lowest BCUT2D eigenvalue weighted by Gasteiger charge is -2.57. The van der Waals surface area contributed by atoms with E-state index in [2.05, 4.69) is 18.4 Å². The fourth-order valence-electron chi connectivity index (χ4n) is 6.53. The third-order valence-electron chi connectivity index (χ3n) is 7.06. The summed E-state index contributed by atoms with van der Waals surface area (Å²) in [7, 11) is 0. The summed E-state index contributed by atoms with van der Waals surface area (Å²) >= 11 is 0. The maximum Gasteiger partial charge on any atom is 0.0824 e. The first-order valence-electron chi connectivity index (χ1n) is 9.47. The number of halogens is 1. The Morgan fingerprint density at radius 1 is 0.957 bits per heavy atom. The van der Waals surface area contributed by atoms with Gasteiger partial charge in [-0.15, -0.1) is 12.4 Å². The van der Waals surface area contributed by atoms with Gasteiger partial charge in [0.1, 0.15) is 0 Å². The monoisotopic (exact) mass is 332 g/mol. The van der Waals surface area contributed by atoms with Gasteiger partial charge in [-0.25, -0.2) is 0 Å². The number of nitrogens with one attached hydrogen (secondary N) is 1. The van der Waals surface area contributed by atoms with Crippen LogP contribution in [-0.4, -0.2) is 11.3 Å². The van der Waals surface area contributed by atoms with Crippen LogP contribution in [0.3, 0.4) is 0 Å². The van der Waals surface area contributed by atoms with Gasteiger partial charge in [-0.1, -0.05) is 0 Å². The average molecular weight is 333 g/mol. The van der Waals surface area contributed by atoms with Gasteiger partial charge in [0.05, 0.1) is 5.70 Å². The van der Waals surface area contributed by atoms with Crippen LogP contribution >= 0.6 is 12.4 Å².